The molecule has 2 N–H and O–H groups in total. The van der Waals surface area contributed by atoms with Gasteiger partial charge in [0.1, 0.15) is 0 Å². The minimum atomic E-state index is -0.613. The first-order chi connectivity index (χ1) is 9.65. The van der Waals surface area contributed by atoms with E-state index in [4.69, 9.17) is 0 Å². The van der Waals surface area contributed by atoms with Crippen molar-refractivity contribution in [3.05, 3.63) is 68.4 Å². The minimum absolute atomic E-state index is 0.504. The van der Waals surface area contributed by atoms with Crippen LogP contribution in [0.5, 0.6) is 0 Å². The maximum absolute atomic E-state index is 11.3. The first kappa shape index (κ1) is 12.5. The fourth-order valence-corrected chi connectivity index (χ4v) is 2.44. The van der Waals surface area contributed by atoms with Crippen LogP contribution in [-0.2, 0) is 19.9 Å². The van der Waals surface area contributed by atoms with Crippen LogP contribution in [0.3, 0.4) is 0 Å². The molecular weight excluding hydrogens is 254 g/mol. The lowest BCUT2D eigenvalue weighted by atomic mass is 10.2. The number of aryl methyl sites for hydroxylation is 3. The van der Waals surface area contributed by atoms with Gasteiger partial charge in [-0.2, -0.15) is 0 Å². The number of nitrogens with one attached hydrogen (secondary N) is 2. The topological polar surface area (TPSA) is 70.7 Å². The summed E-state index contributed by atoms with van der Waals surface area (Å²) in [5.41, 5.74) is 2.00. The van der Waals surface area contributed by atoms with Crippen LogP contribution >= 0.6 is 0 Å². The van der Waals surface area contributed by atoms with Crippen LogP contribution in [0, 0.1) is 0 Å². The molecule has 0 atom stereocenters. The molecule has 0 aliphatic heterocycles. The predicted octanol–water partition coefficient (Wildman–Crippen LogP) is 1.34. The largest absolute Gasteiger partial charge is 0.348 e. The van der Waals surface area contributed by atoms with Gasteiger partial charge in [-0.25, -0.2) is 0 Å². The van der Waals surface area contributed by atoms with Crippen LogP contribution in [0.2, 0.25) is 0 Å². The molecule has 2 aromatic heterocycles. The summed E-state index contributed by atoms with van der Waals surface area (Å²) in [6, 6.07) is 11.7. The molecule has 0 radical (unpaired) electrons. The van der Waals surface area contributed by atoms with Gasteiger partial charge in [-0.1, -0.05) is 18.2 Å². The number of rotatable bonds is 3. The molecular formula is C15H15N3O2. The van der Waals surface area contributed by atoms with E-state index in [-0.39, 0.29) is 0 Å². The molecule has 0 saturated heterocycles. The maximum Gasteiger partial charge on any atom is 0.310 e. The Kier molecular flexibility index (Phi) is 3.02. The molecule has 20 heavy (non-hydrogen) atoms. The van der Waals surface area contributed by atoms with Gasteiger partial charge in [0.25, 0.3) is 0 Å². The Morgan fingerprint density at radius 1 is 1.05 bits per heavy atom. The van der Waals surface area contributed by atoms with Crippen molar-refractivity contribution in [3.63, 3.8) is 0 Å². The van der Waals surface area contributed by atoms with Gasteiger partial charge in [-0.15, -0.1) is 0 Å². The highest BCUT2D eigenvalue weighted by molar-refractivity contribution is 5.81. The number of benzene rings is 1. The molecule has 0 unspecified atom stereocenters. The first-order valence-corrected chi connectivity index (χ1v) is 6.49. The van der Waals surface area contributed by atoms with Crippen molar-refractivity contribution in [1.29, 1.82) is 0 Å². The molecule has 0 spiro atoms. The summed E-state index contributed by atoms with van der Waals surface area (Å²) in [5, 5.41) is 6.31. The van der Waals surface area contributed by atoms with Crippen LogP contribution < -0.4 is 11.0 Å². The van der Waals surface area contributed by atoms with E-state index in [1.165, 1.54) is 22.7 Å². The molecule has 0 aliphatic rings. The summed E-state index contributed by atoms with van der Waals surface area (Å²) in [6.45, 7) is 0. The van der Waals surface area contributed by atoms with E-state index in [9.17, 15) is 9.59 Å². The Balaban J connectivity index is 1.86. The fraction of sp³-hybridized carbons (Fsp3) is 0.200. The normalized spacial score (nSPS) is 11.1. The van der Waals surface area contributed by atoms with Crippen molar-refractivity contribution in [1.82, 2.24) is 14.8 Å². The van der Waals surface area contributed by atoms with Crippen LogP contribution in [0.25, 0.3) is 10.9 Å². The Hall–Kier alpha value is -2.56. The number of H-pyrrole nitrogens is 2. The van der Waals surface area contributed by atoms with Crippen molar-refractivity contribution in [3.8, 4) is 0 Å². The van der Waals surface area contributed by atoms with Crippen molar-refractivity contribution < 1.29 is 0 Å². The molecule has 0 saturated carbocycles. The number of hydrogen-bond donors (Lipinski definition) is 2. The molecule has 102 valence electrons. The smallest absolute Gasteiger partial charge is 0.310 e. The Bertz CT molecular complexity index is 870. The average molecular weight is 269 g/mol. The fourth-order valence-electron chi connectivity index (χ4n) is 2.44. The number of aromatic amines is 2. The third kappa shape index (κ3) is 2.18. The molecule has 2 heterocycles. The Morgan fingerprint density at radius 3 is 2.60 bits per heavy atom. The monoisotopic (exact) mass is 269 g/mol. The third-order valence-electron chi connectivity index (χ3n) is 3.57. The number of hydrogen-bond acceptors (Lipinski definition) is 2. The maximum atomic E-state index is 11.3. The van der Waals surface area contributed by atoms with E-state index in [0.717, 1.165) is 12.1 Å². The molecule has 1 aromatic carbocycles. The van der Waals surface area contributed by atoms with E-state index in [1.807, 2.05) is 19.2 Å². The lowest BCUT2D eigenvalue weighted by Gasteiger charge is -2.04. The second kappa shape index (κ2) is 4.85. The van der Waals surface area contributed by atoms with Crippen molar-refractivity contribution >= 4 is 10.9 Å². The average Bonchev–Trinajstić information content (AvgIpc) is 2.77. The molecule has 5 heteroatoms. The van der Waals surface area contributed by atoms with Crippen LogP contribution in [0.4, 0.5) is 0 Å². The van der Waals surface area contributed by atoms with E-state index in [0.29, 0.717) is 6.42 Å². The van der Waals surface area contributed by atoms with Crippen molar-refractivity contribution in [2.24, 2.45) is 7.05 Å². The lowest BCUT2D eigenvalue weighted by Crippen LogP contribution is -2.27. The zero-order chi connectivity index (χ0) is 14.1. The van der Waals surface area contributed by atoms with Gasteiger partial charge >= 0.3 is 5.56 Å². The van der Waals surface area contributed by atoms with Crippen LogP contribution in [0.15, 0.2) is 46.0 Å². The Morgan fingerprint density at radius 2 is 1.85 bits per heavy atom. The summed E-state index contributed by atoms with van der Waals surface area (Å²) >= 11 is 0. The zero-order valence-corrected chi connectivity index (χ0v) is 11.1. The second-order valence-electron chi connectivity index (χ2n) is 4.87. The standard InChI is InChI=1S/C15H15N3O2/c1-18-12(8-10-4-2-3-5-13(10)18)7-6-11-9-14(19)15(20)17-16-11/h2-5,8-9H,6-7H2,1H3,(H,16,19)(H,17,20). The van der Waals surface area contributed by atoms with Crippen LogP contribution in [-0.4, -0.2) is 14.8 Å². The second-order valence-corrected chi connectivity index (χ2v) is 4.87. The highest BCUT2D eigenvalue weighted by atomic mass is 16.2. The Labute approximate surface area is 114 Å². The summed E-state index contributed by atoms with van der Waals surface area (Å²) < 4.78 is 2.15. The molecule has 3 aromatic rings. The highest BCUT2D eigenvalue weighted by Gasteiger charge is 2.06. The molecule has 0 aliphatic carbocycles. The van der Waals surface area contributed by atoms with E-state index < -0.39 is 11.0 Å². The van der Waals surface area contributed by atoms with Gasteiger partial charge in [0.2, 0.25) is 5.43 Å². The molecule has 5 nitrogen and oxygen atoms in total. The molecule has 0 bridgehead atoms. The van der Waals surface area contributed by atoms with Gasteiger partial charge in [0.05, 0.1) is 0 Å². The van der Waals surface area contributed by atoms with Crippen LogP contribution in [0.1, 0.15) is 11.4 Å². The van der Waals surface area contributed by atoms with Crippen molar-refractivity contribution in [2.75, 3.05) is 0 Å². The van der Waals surface area contributed by atoms with Gasteiger partial charge in [-0.3, -0.25) is 14.7 Å². The van der Waals surface area contributed by atoms with Gasteiger partial charge in [-0.05, 0) is 30.4 Å². The first-order valence-electron chi connectivity index (χ1n) is 6.49. The third-order valence-corrected chi connectivity index (χ3v) is 3.57. The van der Waals surface area contributed by atoms with Crippen molar-refractivity contribution in [2.45, 2.75) is 12.8 Å². The number of nitrogens with zero attached hydrogens (tertiary/aromatic N) is 1. The number of fused-ring (bicyclic) bond motifs is 1. The molecule has 0 fully saturated rings. The summed E-state index contributed by atoms with van der Waals surface area (Å²) in [5.74, 6) is 0. The summed E-state index contributed by atoms with van der Waals surface area (Å²) in [7, 11) is 2.03. The zero-order valence-electron chi connectivity index (χ0n) is 11.1. The number of para-hydroxylation sites is 1. The van der Waals surface area contributed by atoms with E-state index in [1.54, 1.807) is 0 Å². The quantitative estimate of drug-likeness (QED) is 0.704. The predicted molar refractivity (Wildman–Crippen MR) is 78.0 cm³/mol. The minimum Gasteiger partial charge on any atom is -0.348 e. The molecule has 3 rings (SSSR count). The van der Waals surface area contributed by atoms with E-state index >= 15 is 0 Å². The van der Waals surface area contributed by atoms with Gasteiger partial charge in [0.15, 0.2) is 0 Å². The summed E-state index contributed by atoms with van der Waals surface area (Å²) in [6.07, 6.45) is 1.48. The summed E-state index contributed by atoms with van der Waals surface area (Å²) in [4.78, 5) is 22.3. The van der Waals surface area contributed by atoms with Gasteiger partial charge < -0.3 is 9.67 Å². The highest BCUT2D eigenvalue weighted by Crippen LogP contribution is 2.19. The lowest BCUT2D eigenvalue weighted by molar-refractivity contribution is 0.784. The number of aromatic nitrogens is 3. The SMILES string of the molecule is Cn1c(CCc2cc(=O)c(=O)[nH][nH]2)cc2ccccc21. The molecule has 0 amide bonds. The van der Waals surface area contributed by atoms with Gasteiger partial charge in [0, 0.05) is 30.0 Å². The van der Waals surface area contributed by atoms with E-state index in [2.05, 4.69) is 33.0 Å².